The van der Waals surface area contributed by atoms with Crippen LogP contribution in [0.3, 0.4) is 0 Å². The van der Waals surface area contributed by atoms with Crippen LogP contribution in [0.15, 0.2) is 107 Å². The van der Waals surface area contributed by atoms with Crippen molar-refractivity contribution in [2.75, 3.05) is 38.2 Å². The van der Waals surface area contributed by atoms with Gasteiger partial charge in [0, 0.05) is 44.0 Å². The molecule has 1 aliphatic rings. The van der Waals surface area contributed by atoms with E-state index < -0.39 is 0 Å². The Kier molecular flexibility index (Phi) is 9.67. The van der Waals surface area contributed by atoms with E-state index in [1.807, 2.05) is 66.7 Å². The molecule has 0 saturated carbocycles. The summed E-state index contributed by atoms with van der Waals surface area (Å²) in [6.45, 7) is 5.32. The third-order valence-corrected chi connectivity index (χ3v) is 7.56. The van der Waals surface area contributed by atoms with Gasteiger partial charge in [0.15, 0.2) is 11.5 Å². The minimum atomic E-state index is -0.266. The molecule has 210 valence electrons. The number of piperazine rings is 1. The summed E-state index contributed by atoms with van der Waals surface area (Å²) in [5.74, 6) is 0.911. The van der Waals surface area contributed by atoms with Crippen LogP contribution in [0.5, 0.6) is 11.5 Å². The van der Waals surface area contributed by atoms with E-state index in [9.17, 15) is 4.79 Å². The summed E-state index contributed by atoms with van der Waals surface area (Å²) in [6.07, 6.45) is 1.58. The number of amides is 1. The molecule has 0 unspecified atom stereocenters. The molecule has 1 aliphatic heterocycles. The van der Waals surface area contributed by atoms with Crippen LogP contribution in [-0.2, 0) is 13.2 Å². The number of hydrogen-bond donors (Lipinski definition) is 1. The van der Waals surface area contributed by atoms with Crippen LogP contribution in [0.4, 0.5) is 5.69 Å². The van der Waals surface area contributed by atoms with Crippen molar-refractivity contribution in [1.82, 2.24) is 10.3 Å². The monoisotopic (exact) mass is 612 g/mol. The lowest BCUT2D eigenvalue weighted by molar-refractivity contribution is 0.0955. The Bertz CT molecular complexity index is 1460. The summed E-state index contributed by atoms with van der Waals surface area (Å²) >= 11 is 3.57. The molecule has 4 aromatic rings. The van der Waals surface area contributed by atoms with E-state index in [0.717, 1.165) is 48.3 Å². The van der Waals surface area contributed by atoms with Crippen LogP contribution < -0.4 is 19.8 Å². The first-order valence-corrected chi connectivity index (χ1v) is 14.4. The van der Waals surface area contributed by atoms with Crippen molar-refractivity contribution in [3.63, 3.8) is 0 Å². The lowest BCUT2D eigenvalue weighted by Gasteiger charge is -2.36. The van der Waals surface area contributed by atoms with Gasteiger partial charge in [-0.3, -0.25) is 9.69 Å². The number of nitrogens with zero attached hydrogens (tertiary/aromatic N) is 3. The van der Waals surface area contributed by atoms with Gasteiger partial charge in [-0.05, 0) is 69.0 Å². The molecule has 0 radical (unpaired) electrons. The van der Waals surface area contributed by atoms with Crippen molar-refractivity contribution in [2.45, 2.75) is 13.2 Å². The minimum Gasteiger partial charge on any atom is -0.493 e. The number of para-hydroxylation sites is 1. The minimum absolute atomic E-state index is 0.266. The van der Waals surface area contributed by atoms with Crippen molar-refractivity contribution in [3.8, 4) is 11.5 Å². The quantitative estimate of drug-likeness (QED) is 0.173. The molecular weight excluding hydrogens is 580 g/mol. The molecule has 0 aromatic heterocycles. The summed E-state index contributed by atoms with van der Waals surface area (Å²) < 4.78 is 12.3. The highest BCUT2D eigenvalue weighted by molar-refractivity contribution is 9.10. The second-order valence-electron chi connectivity index (χ2n) is 9.80. The Balaban J connectivity index is 1.12. The first kappa shape index (κ1) is 28.4. The van der Waals surface area contributed by atoms with E-state index in [1.165, 1.54) is 11.3 Å². The maximum atomic E-state index is 12.7. The van der Waals surface area contributed by atoms with Crippen molar-refractivity contribution >= 4 is 33.7 Å². The number of hydrazone groups is 1. The van der Waals surface area contributed by atoms with Gasteiger partial charge in [-0.1, -0.05) is 60.7 Å². The van der Waals surface area contributed by atoms with Gasteiger partial charge < -0.3 is 14.4 Å². The number of hydrogen-bond acceptors (Lipinski definition) is 6. The molecule has 41 heavy (non-hydrogen) atoms. The molecule has 1 amide bonds. The van der Waals surface area contributed by atoms with E-state index in [0.29, 0.717) is 23.7 Å². The first-order valence-electron chi connectivity index (χ1n) is 13.6. The van der Waals surface area contributed by atoms with Gasteiger partial charge >= 0.3 is 0 Å². The smallest absolute Gasteiger partial charge is 0.271 e. The average Bonchev–Trinajstić information content (AvgIpc) is 3.02. The maximum Gasteiger partial charge on any atom is 0.271 e. The third-order valence-electron chi connectivity index (χ3n) is 6.97. The molecule has 5 rings (SSSR count). The Morgan fingerprint density at radius 1 is 0.902 bits per heavy atom. The maximum absolute atomic E-state index is 12.7. The molecule has 7 nitrogen and oxygen atoms in total. The third kappa shape index (κ3) is 7.74. The van der Waals surface area contributed by atoms with Crippen molar-refractivity contribution in [1.29, 1.82) is 0 Å². The van der Waals surface area contributed by atoms with Crippen LogP contribution >= 0.6 is 15.9 Å². The number of halogens is 1. The van der Waals surface area contributed by atoms with Crippen molar-refractivity contribution in [2.24, 2.45) is 5.10 Å². The zero-order chi connectivity index (χ0) is 28.4. The Morgan fingerprint density at radius 2 is 1.59 bits per heavy atom. The Morgan fingerprint density at radius 3 is 2.27 bits per heavy atom. The Labute approximate surface area is 249 Å². The molecule has 1 heterocycles. The lowest BCUT2D eigenvalue weighted by Crippen LogP contribution is -2.45. The predicted molar refractivity (Wildman–Crippen MR) is 167 cm³/mol. The fourth-order valence-electron chi connectivity index (χ4n) is 4.74. The number of benzene rings is 4. The zero-order valence-electron chi connectivity index (χ0n) is 23.0. The SMILES string of the molecule is COc1cc(/C=N\NC(=O)c2ccc(CN3CCN(c4ccccc4)CC3)cc2)cc(Br)c1OCc1ccccc1. The van der Waals surface area contributed by atoms with Crippen LogP contribution in [-0.4, -0.2) is 50.3 Å². The first-order chi connectivity index (χ1) is 20.1. The van der Waals surface area contributed by atoms with Gasteiger partial charge in [0.25, 0.3) is 5.91 Å². The summed E-state index contributed by atoms with van der Waals surface area (Å²) in [4.78, 5) is 17.5. The molecule has 1 saturated heterocycles. The highest BCUT2D eigenvalue weighted by Crippen LogP contribution is 2.36. The second kappa shape index (κ2) is 14.0. The number of rotatable bonds is 10. The van der Waals surface area contributed by atoms with E-state index >= 15 is 0 Å². The molecule has 0 spiro atoms. The molecule has 8 heteroatoms. The average molecular weight is 614 g/mol. The summed E-state index contributed by atoms with van der Waals surface area (Å²) in [6, 6.07) is 31.9. The highest BCUT2D eigenvalue weighted by Gasteiger charge is 2.17. The molecule has 1 fully saturated rings. The molecule has 0 aliphatic carbocycles. The van der Waals surface area contributed by atoms with Gasteiger partial charge in [0.2, 0.25) is 0 Å². The number of ether oxygens (including phenoxy) is 2. The standard InChI is InChI=1S/C33H33BrN4O3/c1-40-31-21-27(20-30(34)32(31)41-24-26-8-4-2-5-9-26)22-35-36-33(39)28-14-12-25(13-15-28)23-37-16-18-38(19-17-37)29-10-6-3-7-11-29/h2-15,20-22H,16-19,23-24H2,1H3,(H,36,39)/b35-22-. The van der Waals surface area contributed by atoms with Gasteiger partial charge in [-0.2, -0.15) is 5.10 Å². The van der Waals surface area contributed by atoms with Crippen LogP contribution in [0.1, 0.15) is 27.0 Å². The predicted octanol–water partition coefficient (Wildman–Crippen LogP) is 6.12. The number of carbonyl (C=O) groups is 1. The van der Waals surface area contributed by atoms with Crippen molar-refractivity contribution in [3.05, 3.63) is 124 Å². The van der Waals surface area contributed by atoms with Crippen molar-refractivity contribution < 1.29 is 14.3 Å². The fourth-order valence-corrected chi connectivity index (χ4v) is 5.31. The number of anilines is 1. The van der Waals surface area contributed by atoms with Gasteiger partial charge in [0.05, 0.1) is 17.8 Å². The fraction of sp³-hybridized carbons (Fsp3) is 0.212. The van der Waals surface area contributed by atoms with Crippen LogP contribution in [0, 0.1) is 0 Å². The van der Waals surface area contributed by atoms with E-state index in [2.05, 4.69) is 66.6 Å². The normalized spacial score (nSPS) is 13.8. The molecule has 0 atom stereocenters. The van der Waals surface area contributed by atoms with Gasteiger partial charge in [-0.25, -0.2) is 5.43 Å². The molecule has 1 N–H and O–H groups in total. The number of carbonyl (C=O) groups excluding carboxylic acids is 1. The Hall–Kier alpha value is -4.14. The van der Waals surface area contributed by atoms with E-state index in [4.69, 9.17) is 9.47 Å². The second-order valence-corrected chi connectivity index (χ2v) is 10.7. The highest BCUT2D eigenvalue weighted by atomic mass is 79.9. The molecule has 4 aromatic carbocycles. The molecular formula is C33H33BrN4O3. The molecule has 0 bridgehead atoms. The summed E-state index contributed by atoms with van der Waals surface area (Å²) in [5, 5.41) is 4.15. The summed E-state index contributed by atoms with van der Waals surface area (Å²) in [7, 11) is 1.59. The van der Waals surface area contributed by atoms with E-state index in [1.54, 1.807) is 13.3 Å². The topological polar surface area (TPSA) is 66.4 Å². The number of nitrogens with one attached hydrogen (secondary N) is 1. The van der Waals surface area contributed by atoms with E-state index in [-0.39, 0.29) is 5.91 Å². The number of methoxy groups -OCH3 is 1. The van der Waals surface area contributed by atoms with Gasteiger partial charge in [-0.15, -0.1) is 0 Å². The largest absolute Gasteiger partial charge is 0.493 e. The van der Waals surface area contributed by atoms with Crippen LogP contribution in [0.25, 0.3) is 0 Å². The summed E-state index contributed by atoms with van der Waals surface area (Å²) in [5.41, 5.74) is 7.45. The lowest BCUT2D eigenvalue weighted by atomic mass is 10.1. The zero-order valence-corrected chi connectivity index (χ0v) is 24.6. The van der Waals surface area contributed by atoms with Crippen LogP contribution in [0.2, 0.25) is 0 Å². The van der Waals surface area contributed by atoms with Gasteiger partial charge in [0.1, 0.15) is 6.61 Å².